The molecule has 0 aromatic heterocycles. The second-order valence-electron chi connectivity index (χ2n) is 4.11. The van der Waals surface area contributed by atoms with E-state index in [9.17, 15) is 4.79 Å². The molecule has 1 unspecified atom stereocenters. The smallest absolute Gasteiger partial charge is 0.242 e. The van der Waals surface area contributed by atoms with Gasteiger partial charge in [-0.1, -0.05) is 27.5 Å². The van der Waals surface area contributed by atoms with E-state index in [2.05, 4.69) is 26.6 Å². The third-order valence-corrected chi connectivity index (χ3v) is 3.62. The Morgan fingerprint density at radius 3 is 3.06 bits per heavy atom. The molecule has 1 saturated heterocycles. The molecule has 1 fully saturated rings. The van der Waals surface area contributed by atoms with Crippen molar-refractivity contribution >= 4 is 39.1 Å². The normalized spacial score (nSPS) is 20.6. The minimum atomic E-state index is -0.190. The van der Waals surface area contributed by atoms with Gasteiger partial charge >= 0.3 is 0 Å². The number of nitrogens with one attached hydrogen (secondary N) is 2. The number of hydrogen-bond donors (Lipinski definition) is 2. The summed E-state index contributed by atoms with van der Waals surface area (Å²) in [7, 11) is 0. The Morgan fingerprint density at radius 2 is 2.24 bits per heavy atom. The van der Waals surface area contributed by atoms with Crippen LogP contribution in [0.3, 0.4) is 0 Å². The Morgan fingerprint density at radius 1 is 1.41 bits per heavy atom. The van der Waals surface area contributed by atoms with Crippen molar-refractivity contribution in [1.82, 2.24) is 5.32 Å². The van der Waals surface area contributed by atoms with Crippen molar-refractivity contribution in [2.24, 2.45) is 0 Å². The lowest BCUT2D eigenvalue weighted by Crippen LogP contribution is -2.37. The maximum Gasteiger partial charge on any atom is 0.242 e. The van der Waals surface area contributed by atoms with Crippen molar-refractivity contribution in [1.29, 1.82) is 0 Å². The van der Waals surface area contributed by atoms with E-state index in [4.69, 9.17) is 11.6 Å². The maximum absolute atomic E-state index is 11.8. The van der Waals surface area contributed by atoms with Gasteiger partial charge in [-0.05, 0) is 37.5 Å². The molecule has 0 spiro atoms. The van der Waals surface area contributed by atoms with Gasteiger partial charge in [0.15, 0.2) is 0 Å². The second kappa shape index (κ2) is 5.74. The summed E-state index contributed by atoms with van der Waals surface area (Å²) in [4.78, 5) is 11.8. The van der Waals surface area contributed by atoms with E-state index in [-0.39, 0.29) is 11.9 Å². The molecule has 1 aromatic carbocycles. The summed E-state index contributed by atoms with van der Waals surface area (Å²) >= 11 is 9.48. The predicted molar refractivity (Wildman–Crippen MR) is 73.4 cm³/mol. The molecule has 5 heteroatoms. The molecule has 2 N–H and O–H groups in total. The van der Waals surface area contributed by atoms with Crippen LogP contribution in [0.4, 0.5) is 5.69 Å². The Hall–Kier alpha value is -0.740. The molecule has 17 heavy (non-hydrogen) atoms. The summed E-state index contributed by atoms with van der Waals surface area (Å²) in [5.74, 6) is 0.0542. The quantitative estimate of drug-likeness (QED) is 0.879. The Bertz CT molecular complexity index is 425. The van der Waals surface area contributed by atoms with E-state index in [1.165, 1.54) is 0 Å². The highest BCUT2D eigenvalue weighted by molar-refractivity contribution is 9.10. The van der Waals surface area contributed by atoms with E-state index < -0.39 is 0 Å². The molecular weight excluding hydrogens is 304 g/mol. The first kappa shape index (κ1) is 12.7. The van der Waals surface area contributed by atoms with Crippen LogP contribution in [-0.2, 0) is 4.79 Å². The summed E-state index contributed by atoms with van der Waals surface area (Å²) < 4.78 is 0.943. The maximum atomic E-state index is 11.8. The van der Waals surface area contributed by atoms with Gasteiger partial charge in [-0.2, -0.15) is 0 Å². The number of hydrogen-bond acceptors (Lipinski definition) is 2. The monoisotopic (exact) mass is 316 g/mol. The second-order valence-corrected chi connectivity index (χ2v) is 5.43. The molecule has 3 nitrogen and oxygen atoms in total. The fourth-order valence-corrected chi connectivity index (χ4v) is 2.41. The highest BCUT2D eigenvalue weighted by atomic mass is 79.9. The Kier molecular flexibility index (Phi) is 4.29. The molecule has 0 aliphatic carbocycles. The zero-order valence-electron chi connectivity index (χ0n) is 9.30. The largest absolute Gasteiger partial charge is 0.372 e. The van der Waals surface area contributed by atoms with Crippen LogP contribution < -0.4 is 10.6 Å². The summed E-state index contributed by atoms with van der Waals surface area (Å²) in [5, 5.41) is 6.73. The summed E-state index contributed by atoms with van der Waals surface area (Å²) in [6.45, 7) is 0.767. The molecule has 0 saturated carbocycles. The van der Waals surface area contributed by atoms with Crippen molar-refractivity contribution < 1.29 is 4.79 Å². The molecular formula is C12H14BrClN2O. The standard InChI is InChI=1S/C12H14BrClN2O/c13-8-4-5-9(14)11(7-8)16-10-3-1-2-6-15-12(10)17/h4-5,7,10,16H,1-3,6H2,(H,15,17). The van der Waals surface area contributed by atoms with Gasteiger partial charge in [-0.3, -0.25) is 4.79 Å². The predicted octanol–water partition coefficient (Wildman–Crippen LogP) is 3.18. The van der Waals surface area contributed by atoms with Gasteiger partial charge < -0.3 is 10.6 Å². The number of carbonyl (C=O) groups is 1. The first-order valence-electron chi connectivity index (χ1n) is 5.66. The van der Waals surface area contributed by atoms with Crippen molar-refractivity contribution in [2.45, 2.75) is 25.3 Å². The van der Waals surface area contributed by atoms with Gasteiger partial charge in [-0.15, -0.1) is 0 Å². The van der Waals surface area contributed by atoms with Gasteiger partial charge in [0.05, 0.1) is 10.7 Å². The molecule has 0 radical (unpaired) electrons. The number of rotatable bonds is 2. The lowest BCUT2D eigenvalue weighted by Gasteiger charge is -2.17. The van der Waals surface area contributed by atoms with Crippen LogP contribution in [0.5, 0.6) is 0 Å². The first-order chi connectivity index (χ1) is 8.16. The summed E-state index contributed by atoms with van der Waals surface area (Å²) in [5.41, 5.74) is 0.795. The molecule has 1 aliphatic rings. The number of amides is 1. The van der Waals surface area contributed by atoms with Gasteiger partial charge in [0.1, 0.15) is 6.04 Å². The zero-order chi connectivity index (χ0) is 12.3. The minimum absolute atomic E-state index is 0.0542. The molecule has 0 bridgehead atoms. The Balaban J connectivity index is 2.13. The van der Waals surface area contributed by atoms with E-state index in [1.807, 2.05) is 18.2 Å². The van der Waals surface area contributed by atoms with Gasteiger partial charge in [0, 0.05) is 11.0 Å². The average molecular weight is 318 g/mol. The van der Waals surface area contributed by atoms with E-state index in [0.717, 1.165) is 36.0 Å². The number of benzene rings is 1. The summed E-state index contributed by atoms with van der Waals surface area (Å²) in [6.07, 6.45) is 2.92. The Labute approximate surface area is 114 Å². The van der Waals surface area contributed by atoms with Crippen LogP contribution in [-0.4, -0.2) is 18.5 Å². The van der Waals surface area contributed by atoms with Crippen molar-refractivity contribution in [3.63, 3.8) is 0 Å². The third-order valence-electron chi connectivity index (χ3n) is 2.79. The lowest BCUT2D eigenvalue weighted by atomic mass is 10.1. The SMILES string of the molecule is O=C1NCCCCC1Nc1cc(Br)ccc1Cl. The third kappa shape index (κ3) is 3.36. The summed E-state index contributed by atoms with van der Waals surface area (Å²) in [6, 6.07) is 5.38. The molecule has 1 heterocycles. The van der Waals surface area contributed by atoms with Crippen LogP contribution in [0.1, 0.15) is 19.3 Å². The minimum Gasteiger partial charge on any atom is -0.372 e. The highest BCUT2D eigenvalue weighted by Gasteiger charge is 2.20. The van der Waals surface area contributed by atoms with Gasteiger partial charge in [-0.25, -0.2) is 0 Å². The van der Waals surface area contributed by atoms with Crippen LogP contribution in [0.25, 0.3) is 0 Å². The van der Waals surface area contributed by atoms with Crippen molar-refractivity contribution in [2.75, 3.05) is 11.9 Å². The first-order valence-corrected chi connectivity index (χ1v) is 6.83. The highest BCUT2D eigenvalue weighted by Crippen LogP contribution is 2.27. The molecule has 92 valence electrons. The van der Waals surface area contributed by atoms with Gasteiger partial charge in [0.25, 0.3) is 0 Å². The van der Waals surface area contributed by atoms with E-state index >= 15 is 0 Å². The van der Waals surface area contributed by atoms with Crippen molar-refractivity contribution in [3.8, 4) is 0 Å². The van der Waals surface area contributed by atoms with Crippen LogP contribution in [0.2, 0.25) is 5.02 Å². The fourth-order valence-electron chi connectivity index (χ4n) is 1.87. The molecule has 2 rings (SSSR count). The van der Waals surface area contributed by atoms with E-state index in [0.29, 0.717) is 5.02 Å². The average Bonchev–Trinajstić information content (AvgIpc) is 2.50. The topological polar surface area (TPSA) is 41.1 Å². The zero-order valence-corrected chi connectivity index (χ0v) is 11.6. The fraction of sp³-hybridized carbons (Fsp3) is 0.417. The number of anilines is 1. The number of halogens is 2. The van der Waals surface area contributed by atoms with Crippen molar-refractivity contribution in [3.05, 3.63) is 27.7 Å². The van der Waals surface area contributed by atoms with Gasteiger partial charge in [0.2, 0.25) is 5.91 Å². The molecule has 1 amide bonds. The van der Waals surface area contributed by atoms with E-state index in [1.54, 1.807) is 0 Å². The van der Waals surface area contributed by atoms with Crippen LogP contribution >= 0.6 is 27.5 Å². The molecule has 1 atom stereocenters. The molecule has 1 aromatic rings. The van der Waals surface area contributed by atoms with Crippen LogP contribution in [0.15, 0.2) is 22.7 Å². The molecule has 1 aliphatic heterocycles. The van der Waals surface area contributed by atoms with Crippen LogP contribution in [0, 0.1) is 0 Å². The lowest BCUT2D eigenvalue weighted by molar-refractivity contribution is -0.121. The number of carbonyl (C=O) groups excluding carboxylic acids is 1.